The van der Waals surface area contributed by atoms with E-state index in [-0.39, 0.29) is 12.2 Å². The molecular weight excluding hydrogens is 845 g/mol. The summed E-state index contributed by atoms with van der Waals surface area (Å²) in [4.78, 5) is 76.6. The molecule has 318 valence electrons. The zero-order valence-corrected chi connectivity index (χ0v) is 34.1. The van der Waals surface area contributed by atoms with Crippen LogP contribution >= 0.6 is 34.8 Å². The first kappa shape index (κ1) is 45.5. The standard InChI is InChI=1S/C39H40Cl3NO16/c1-19(44)54-30-31(55-20(2)45)33(56-21(3)46)37(59-32(30)35(49)51-4)58-29-27(43-38(50)39(40,41)42)36(53-17-22-14-15-23-10-8-9-13-25(23)16-22)57-26(28(29)47)18-52-34(48)24-11-6-5-7-12-24/h5-16,26-33,36-37,47H,17-18H2,1-4H3,(H,43,50)/t26-,27-,28+,29-,30+,31+,32+,33-,36-,37-/m1/s1. The Hall–Kier alpha value is -4.59. The summed E-state index contributed by atoms with van der Waals surface area (Å²) in [5.41, 5.74) is 0.816. The Bertz CT molecular complexity index is 2000. The number of alkyl halides is 3. The number of hydrogen-bond acceptors (Lipinski definition) is 16. The van der Waals surface area contributed by atoms with Crippen LogP contribution in [0.15, 0.2) is 72.8 Å². The van der Waals surface area contributed by atoms with E-state index >= 15 is 0 Å². The van der Waals surface area contributed by atoms with Crippen molar-refractivity contribution < 1.29 is 76.5 Å². The van der Waals surface area contributed by atoms with Crippen molar-refractivity contribution in [3.05, 3.63) is 83.9 Å². The number of benzene rings is 3. The SMILES string of the molecule is COC(=O)[C@H]1O[C@@H](O[C@H]2[C@@H](O)[C@@H](COC(=O)c3ccccc3)O[C@@H](OCc3ccc4ccccc4c3)[C@@H]2NC(=O)C(Cl)(Cl)Cl)[C@H](OC(C)=O)[C@@H](OC(C)=O)[C@@H]1OC(C)=O. The fourth-order valence-electron chi connectivity index (χ4n) is 6.41. The summed E-state index contributed by atoms with van der Waals surface area (Å²) in [7, 11) is 0.995. The van der Waals surface area contributed by atoms with Crippen LogP contribution in [-0.4, -0.2) is 120 Å². The normalized spacial score (nSPS) is 26.8. The molecule has 2 heterocycles. The van der Waals surface area contributed by atoms with E-state index in [1.54, 1.807) is 24.3 Å². The van der Waals surface area contributed by atoms with Gasteiger partial charge in [-0.2, -0.15) is 0 Å². The smallest absolute Gasteiger partial charge is 0.339 e. The van der Waals surface area contributed by atoms with E-state index < -0.39 is 108 Å². The van der Waals surface area contributed by atoms with Crippen molar-refractivity contribution in [1.82, 2.24) is 5.32 Å². The molecule has 20 heteroatoms. The summed E-state index contributed by atoms with van der Waals surface area (Å²) in [6.45, 7) is 2.20. The summed E-state index contributed by atoms with van der Waals surface area (Å²) in [5.74, 6) is -6.04. The molecule has 3 aromatic rings. The van der Waals surface area contributed by atoms with Crippen LogP contribution in [0.25, 0.3) is 10.8 Å². The van der Waals surface area contributed by atoms with Gasteiger partial charge in [0.2, 0.25) is 0 Å². The van der Waals surface area contributed by atoms with E-state index in [2.05, 4.69) is 5.32 Å². The van der Waals surface area contributed by atoms with Gasteiger partial charge >= 0.3 is 29.8 Å². The number of esters is 5. The Kier molecular flexibility index (Phi) is 15.5. The van der Waals surface area contributed by atoms with Gasteiger partial charge in [0.1, 0.15) is 31.0 Å². The third kappa shape index (κ3) is 11.8. The lowest BCUT2D eigenvalue weighted by Crippen LogP contribution is -2.69. The highest BCUT2D eigenvalue weighted by molar-refractivity contribution is 6.76. The summed E-state index contributed by atoms with van der Waals surface area (Å²) in [6.07, 6.45) is -16.0. The lowest BCUT2D eigenvalue weighted by molar-refractivity contribution is -0.343. The molecule has 2 aliphatic heterocycles. The van der Waals surface area contributed by atoms with Crippen molar-refractivity contribution >= 4 is 81.3 Å². The van der Waals surface area contributed by atoms with E-state index in [4.69, 9.17) is 77.4 Å². The first-order valence-electron chi connectivity index (χ1n) is 17.9. The Morgan fingerprint density at radius 2 is 1.36 bits per heavy atom. The lowest BCUT2D eigenvalue weighted by atomic mass is 9.94. The molecular formula is C39H40Cl3NO16. The molecule has 0 radical (unpaired) electrons. The van der Waals surface area contributed by atoms with Crippen LogP contribution in [0.2, 0.25) is 0 Å². The zero-order valence-electron chi connectivity index (χ0n) is 31.8. The van der Waals surface area contributed by atoms with Gasteiger partial charge in [-0.1, -0.05) is 89.4 Å². The van der Waals surface area contributed by atoms with Gasteiger partial charge in [0.05, 0.1) is 19.3 Å². The van der Waals surface area contributed by atoms with Crippen molar-refractivity contribution in [1.29, 1.82) is 0 Å². The van der Waals surface area contributed by atoms with Crippen molar-refractivity contribution in [2.45, 2.75) is 92.5 Å². The van der Waals surface area contributed by atoms with Gasteiger partial charge in [-0.15, -0.1) is 0 Å². The Labute approximate surface area is 352 Å². The van der Waals surface area contributed by atoms with Crippen molar-refractivity contribution in [3.8, 4) is 0 Å². The fraction of sp³-hybridized carbons (Fsp3) is 0.436. The highest BCUT2D eigenvalue weighted by atomic mass is 35.6. The van der Waals surface area contributed by atoms with Crippen LogP contribution in [0.4, 0.5) is 0 Å². The third-order valence-corrected chi connectivity index (χ3v) is 9.49. The second-order valence-electron chi connectivity index (χ2n) is 13.3. The molecule has 0 spiro atoms. The van der Waals surface area contributed by atoms with Crippen molar-refractivity contribution in [2.75, 3.05) is 13.7 Å². The number of fused-ring (bicyclic) bond motifs is 1. The molecule has 2 fully saturated rings. The molecule has 2 aliphatic rings. The number of hydrogen-bond donors (Lipinski definition) is 2. The number of nitrogens with one attached hydrogen (secondary N) is 1. The number of carbonyl (C=O) groups excluding carboxylic acids is 6. The van der Waals surface area contributed by atoms with Gasteiger partial charge in [0.15, 0.2) is 37.0 Å². The van der Waals surface area contributed by atoms with Gasteiger partial charge in [0.25, 0.3) is 9.70 Å². The van der Waals surface area contributed by atoms with Gasteiger partial charge < -0.3 is 53.1 Å². The minimum absolute atomic E-state index is 0.173. The molecule has 0 saturated carbocycles. The van der Waals surface area contributed by atoms with Crippen LogP contribution in [0, 0.1) is 0 Å². The minimum atomic E-state index is -2.59. The molecule has 2 saturated heterocycles. The highest BCUT2D eigenvalue weighted by Gasteiger charge is 2.58. The lowest BCUT2D eigenvalue weighted by Gasteiger charge is -2.48. The van der Waals surface area contributed by atoms with Gasteiger partial charge in [-0.25, -0.2) is 9.59 Å². The summed E-state index contributed by atoms with van der Waals surface area (Å²) < 4.78 is 48.6. The largest absolute Gasteiger partial charge is 0.467 e. The minimum Gasteiger partial charge on any atom is -0.467 e. The first-order chi connectivity index (χ1) is 28.0. The molecule has 0 aromatic heterocycles. The third-order valence-electron chi connectivity index (χ3n) is 8.97. The van der Waals surface area contributed by atoms with E-state index in [0.717, 1.165) is 38.7 Å². The Morgan fingerprint density at radius 1 is 0.746 bits per heavy atom. The van der Waals surface area contributed by atoms with Gasteiger partial charge in [-0.05, 0) is 34.5 Å². The number of halogens is 3. The first-order valence-corrected chi connectivity index (χ1v) is 19.0. The number of aliphatic hydroxyl groups is 1. The average Bonchev–Trinajstić information content (AvgIpc) is 3.19. The predicted molar refractivity (Wildman–Crippen MR) is 205 cm³/mol. The van der Waals surface area contributed by atoms with Crippen LogP contribution in [-0.2, 0) is 73.2 Å². The molecule has 10 atom stereocenters. The number of rotatable bonds is 13. The monoisotopic (exact) mass is 883 g/mol. The number of methoxy groups -OCH3 is 1. The van der Waals surface area contributed by atoms with Gasteiger partial charge in [-0.3, -0.25) is 19.2 Å². The van der Waals surface area contributed by atoms with Crippen LogP contribution < -0.4 is 5.32 Å². The molecule has 0 aliphatic carbocycles. The van der Waals surface area contributed by atoms with E-state index in [9.17, 15) is 33.9 Å². The zero-order chi connectivity index (χ0) is 43.0. The summed E-state index contributed by atoms with van der Waals surface area (Å²) >= 11 is 17.9. The number of carbonyl (C=O) groups is 6. The van der Waals surface area contributed by atoms with E-state index in [1.165, 1.54) is 12.1 Å². The van der Waals surface area contributed by atoms with Crippen molar-refractivity contribution in [3.63, 3.8) is 0 Å². The van der Waals surface area contributed by atoms with Gasteiger partial charge in [0, 0.05) is 20.8 Å². The molecule has 3 aromatic carbocycles. The maximum Gasteiger partial charge on any atom is 0.339 e. The second kappa shape index (κ2) is 20.1. The van der Waals surface area contributed by atoms with Crippen LogP contribution in [0.5, 0.6) is 0 Å². The summed E-state index contributed by atoms with van der Waals surface area (Å²) in [6, 6.07) is 19.3. The molecule has 5 rings (SSSR count). The predicted octanol–water partition coefficient (Wildman–Crippen LogP) is 3.23. The van der Waals surface area contributed by atoms with E-state index in [1.807, 2.05) is 36.4 Å². The molecule has 59 heavy (non-hydrogen) atoms. The number of ether oxygens (including phenoxy) is 9. The maximum atomic E-state index is 13.3. The van der Waals surface area contributed by atoms with E-state index in [0.29, 0.717) is 5.56 Å². The van der Waals surface area contributed by atoms with Crippen molar-refractivity contribution in [2.24, 2.45) is 0 Å². The van der Waals surface area contributed by atoms with Crippen LogP contribution in [0.3, 0.4) is 0 Å². The van der Waals surface area contributed by atoms with Crippen LogP contribution in [0.1, 0.15) is 36.7 Å². The fourth-order valence-corrected chi connectivity index (χ4v) is 6.58. The topological polar surface area (TPSA) is 218 Å². The Balaban J connectivity index is 1.57. The highest BCUT2D eigenvalue weighted by Crippen LogP contribution is 2.35. The average molecular weight is 885 g/mol. The molecule has 0 unspecified atom stereocenters. The maximum absolute atomic E-state index is 13.3. The Morgan fingerprint density at radius 3 is 1.98 bits per heavy atom. The quantitative estimate of drug-likeness (QED) is 0.143. The number of aliphatic hydroxyl groups excluding tert-OH is 1. The summed E-state index contributed by atoms with van der Waals surface area (Å²) in [5, 5.41) is 16.2. The second-order valence-corrected chi connectivity index (χ2v) is 15.5. The molecule has 2 N–H and O–H groups in total. The molecule has 17 nitrogen and oxygen atoms in total. The molecule has 0 bridgehead atoms. The number of amides is 1. The molecule has 1 amide bonds.